The van der Waals surface area contributed by atoms with Gasteiger partial charge in [-0.3, -0.25) is 4.79 Å². The standard InChI is InChI=1S/C16H19N3O3S/c1-18(16(20)14-7-8-23(21,22)12-14)10-13-9-17-19(11-13)15-5-3-2-4-6-15/h2-6,9,11,14H,7-8,10,12H2,1H3/t14-/m1/s1. The summed E-state index contributed by atoms with van der Waals surface area (Å²) < 4.78 is 24.8. The fourth-order valence-corrected chi connectivity index (χ4v) is 4.55. The van der Waals surface area contributed by atoms with Crippen LogP contribution in [0, 0.1) is 5.92 Å². The number of carbonyl (C=O) groups excluding carboxylic acids is 1. The molecule has 122 valence electrons. The second-order valence-corrected chi connectivity index (χ2v) is 8.15. The fraction of sp³-hybridized carbons (Fsp3) is 0.375. The van der Waals surface area contributed by atoms with Crippen LogP contribution in [0.5, 0.6) is 0 Å². The van der Waals surface area contributed by atoms with E-state index < -0.39 is 15.8 Å². The molecular formula is C16H19N3O3S. The Morgan fingerprint density at radius 3 is 2.74 bits per heavy atom. The van der Waals surface area contributed by atoms with Crippen molar-refractivity contribution in [3.8, 4) is 5.69 Å². The van der Waals surface area contributed by atoms with Crippen molar-refractivity contribution in [1.82, 2.24) is 14.7 Å². The lowest BCUT2D eigenvalue weighted by Gasteiger charge is -2.19. The first-order valence-electron chi connectivity index (χ1n) is 7.49. The largest absolute Gasteiger partial charge is 0.341 e. The Bertz CT molecular complexity index is 799. The molecule has 0 bridgehead atoms. The first kappa shape index (κ1) is 15.7. The molecule has 23 heavy (non-hydrogen) atoms. The smallest absolute Gasteiger partial charge is 0.226 e. The van der Waals surface area contributed by atoms with Gasteiger partial charge < -0.3 is 4.90 Å². The lowest BCUT2D eigenvalue weighted by atomic mass is 10.1. The molecule has 1 aromatic heterocycles. The molecule has 1 fully saturated rings. The maximum absolute atomic E-state index is 12.3. The van der Waals surface area contributed by atoms with Crippen molar-refractivity contribution in [2.75, 3.05) is 18.6 Å². The second kappa shape index (κ2) is 6.16. The maximum Gasteiger partial charge on any atom is 0.226 e. The highest BCUT2D eigenvalue weighted by Crippen LogP contribution is 2.21. The van der Waals surface area contributed by atoms with Crippen molar-refractivity contribution >= 4 is 15.7 Å². The normalized spacial score (nSPS) is 19.6. The minimum absolute atomic E-state index is 0.0283. The molecule has 0 unspecified atom stereocenters. The van der Waals surface area contributed by atoms with Crippen LogP contribution in [-0.4, -0.2) is 47.6 Å². The molecule has 1 aliphatic heterocycles. The lowest BCUT2D eigenvalue weighted by molar-refractivity contribution is -0.133. The van der Waals surface area contributed by atoms with Gasteiger partial charge in [-0.05, 0) is 18.6 Å². The molecule has 7 heteroatoms. The van der Waals surface area contributed by atoms with E-state index in [1.54, 1.807) is 22.8 Å². The number of benzene rings is 1. The van der Waals surface area contributed by atoms with E-state index in [0.29, 0.717) is 13.0 Å². The predicted molar refractivity (Wildman–Crippen MR) is 86.8 cm³/mol. The molecule has 2 aromatic rings. The molecule has 1 amide bonds. The topological polar surface area (TPSA) is 72.3 Å². The van der Waals surface area contributed by atoms with Gasteiger partial charge in [0.25, 0.3) is 0 Å². The van der Waals surface area contributed by atoms with Crippen LogP contribution in [-0.2, 0) is 21.2 Å². The Kier molecular flexibility index (Phi) is 4.21. The number of amides is 1. The van der Waals surface area contributed by atoms with Gasteiger partial charge in [0.2, 0.25) is 5.91 Å². The van der Waals surface area contributed by atoms with E-state index in [2.05, 4.69) is 5.10 Å². The molecule has 0 spiro atoms. The van der Waals surface area contributed by atoms with Gasteiger partial charge >= 0.3 is 0 Å². The van der Waals surface area contributed by atoms with Gasteiger partial charge in [0, 0.05) is 25.4 Å². The van der Waals surface area contributed by atoms with Crippen LogP contribution in [0.4, 0.5) is 0 Å². The highest BCUT2D eigenvalue weighted by molar-refractivity contribution is 7.91. The first-order chi connectivity index (χ1) is 10.9. The minimum atomic E-state index is -3.04. The van der Waals surface area contributed by atoms with E-state index in [9.17, 15) is 13.2 Å². The summed E-state index contributed by atoms with van der Waals surface area (Å²) in [6.07, 6.45) is 4.03. The Balaban J connectivity index is 1.65. The summed E-state index contributed by atoms with van der Waals surface area (Å²) in [5.41, 5.74) is 1.86. The molecule has 0 N–H and O–H groups in total. The predicted octanol–water partition coefficient (Wildman–Crippen LogP) is 1.27. The number of rotatable bonds is 4. The van der Waals surface area contributed by atoms with Crippen LogP contribution in [0.15, 0.2) is 42.7 Å². The molecular weight excluding hydrogens is 314 g/mol. The second-order valence-electron chi connectivity index (χ2n) is 5.92. The molecule has 0 aliphatic carbocycles. The van der Waals surface area contributed by atoms with Crippen LogP contribution in [0.1, 0.15) is 12.0 Å². The summed E-state index contributed by atoms with van der Waals surface area (Å²) in [5.74, 6) is -0.435. The van der Waals surface area contributed by atoms with Crippen molar-refractivity contribution in [3.05, 3.63) is 48.3 Å². The molecule has 1 aliphatic rings. The van der Waals surface area contributed by atoms with Crippen LogP contribution in [0.25, 0.3) is 5.69 Å². The highest BCUT2D eigenvalue weighted by atomic mass is 32.2. The number of aromatic nitrogens is 2. The van der Waals surface area contributed by atoms with Gasteiger partial charge in [-0.1, -0.05) is 18.2 Å². The van der Waals surface area contributed by atoms with Crippen LogP contribution in [0.3, 0.4) is 0 Å². The molecule has 3 rings (SSSR count). The van der Waals surface area contributed by atoms with Gasteiger partial charge in [0.1, 0.15) is 0 Å². The number of hydrogen-bond acceptors (Lipinski definition) is 4. The molecule has 1 atom stereocenters. The van der Waals surface area contributed by atoms with E-state index in [1.807, 2.05) is 36.5 Å². The molecule has 1 saturated heterocycles. The maximum atomic E-state index is 12.3. The van der Waals surface area contributed by atoms with Gasteiger partial charge in [-0.25, -0.2) is 13.1 Å². The quantitative estimate of drug-likeness (QED) is 0.844. The van der Waals surface area contributed by atoms with Crippen molar-refractivity contribution in [2.24, 2.45) is 5.92 Å². The first-order valence-corrected chi connectivity index (χ1v) is 9.31. The number of para-hydroxylation sites is 1. The summed E-state index contributed by atoms with van der Waals surface area (Å²) in [6.45, 7) is 0.419. The molecule has 2 heterocycles. The Morgan fingerprint density at radius 1 is 1.35 bits per heavy atom. The number of carbonyl (C=O) groups is 1. The monoisotopic (exact) mass is 333 g/mol. The highest BCUT2D eigenvalue weighted by Gasteiger charge is 2.34. The zero-order valence-corrected chi connectivity index (χ0v) is 13.7. The molecule has 0 saturated carbocycles. The third kappa shape index (κ3) is 3.61. The minimum Gasteiger partial charge on any atom is -0.341 e. The summed E-state index contributed by atoms with van der Waals surface area (Å²) >= 11 is 0. The van der Waals surface area contributed by atoms with Crippen molar-refractivity contribution < 1.29 is 13.2 Å². The average Bonchev–Trinajstić information content (AvgIpc) is 3.14. The molecule has 1 aromatic carbocycles. The zero-order chi connectivity index (χ0) is 16.4. The van der Waals surface area contributed by atoms with Crippen molar-refractivity contribution in [3.63, 3.8) is 0 Å². The molecule has 0 radical (unpaired) electrons. The molecule has 6 nitrogen and oxygen atoms in total. The van der Waals surface area contributed by atoms with Crippen LogP contribution >= 0.6 is 0 Å². The fourth-order valence-electron chi connectivity index (χ4n) is 2.82. The summed E-state index contributed by atoms with van der Waals surface area (Å²) in [5, 5.41) is 4.30. The lowest BCUT2D eigenvalue weighted by Crippen LogP contribution is -2.33. The third-order valence-electron chi connectivity index (χ3n) is 4.03. The third-order valence-corrected chi connectivity index (χ3v) is 5.80. The van der Waals surface area contributed by atoms with E-state index in [0.717, 1.165) is 11.3 Å². The number of nitrogens with zero attached hydrogens (tertiary/aromatic N) is 3. The Labute approximate surface area is 135 Å². The van der Waals surface area contributed by atoms with Crippen LogP contribution < -0.4 is 0 Å². The zero-order valence-electron chi connectivity index (χ0n) is 12.9. The van der Waals surface area contributed by atoms with E-state index in [4.69, 9.17) is 0 Å². The van der Waals surface area contributed by atoms with Gasteiger partial charge in [-0.2, -0.15) is 5.10 Å². The summed E-state index contributed by atoms with van der Waals surface area (Å²) in [6, 6.07) is 9.72. The summed E-state index contributed by atoms with van der Waals surface area (Å²) in [4.78, 5) is 13.9. The van der Waals surface area contributed by atoms with Gasteiger partial charge in [0.05, 0.1) is 29.3 Å². The Hall–Kier alpha value is -2.15. The number of sulfone groups is 1. The van der Waals surface area contributed by atoms with Crippen molar-refractivity contribution in [1.29, 1.82) is 0 Å². The van der Waals surface area contributed by atoms with Gasteiger partial charge in [-0.15, -0.1) is 0 Å². The Morgan fingerprint density at radius 2 is 2.09 bits per heavy atom. The van der Waals surface area contributed by atoms with Crippen LogP contribution in [0.2, 0.25) is 0 Å². The number of hydrogen-bond donors (Lipinski definition) is 0. The summed E-state index contributed by atoms with van der Waals surface area (Å²) in [7, 11) is -1.34. The average molecular weight is 333 g/mol. The SMILES string of the molecule is CN(Cc1cnn(-c2ccccc2)c1)C(=O)[C@@H]1CCS(=O)(=O)C1. The van der Waals surface area contributed by atoms with Gasteiger partial charge in [0.15, 0.2) is 9.84 Å². The van der Waals surface area contributed by atoms with Crippen molar-refractivity contribution in [2.45, 2.75) is 13.0 Å². The van der Waals surface area contributed by atoms with E-state index in [-0.39, 0.29) is 17.4 Å². The van der Waals surface area contributed by atoms with E-state index in [1.165, 1.54) is 0 Å². The van der Waals surface area contributed by atoms with E-state index >= 15 is 0 Å².